The van der Waals surface area contributed by atoms with E-state index in [4.69, 9.17) is 9.47 Å². The van der Waals surface area contributed by atoms with Crippen LogP contribution in [0, 0.1) is 0 Å². The zero-order valence-electron chi connectivity index (χ0n) is 23.8. The third-order valence-corrected chi connectivity index (χ3v) is 7.44. The van der Waals surface area contributed by atoms with Gasteiger partial charge in [0.25, 0.3) is 5.91 Å². The molecule has 2 N–H and O–H groups in total. The number of carbonyl (C=O) groups excluding carboxylic acids is 2. The maximum Gasteiger partial charge on any atom is 0.253 e. The number of anilines is 2. The number of carbonyl (C=O) groups is 2. The van der Waals surface area contributed by atoms with Crippen molar-refractivity contribution in [1.82, 2.24) is 5.32 Å². The van der Waals surface area contributed by atoms with Crippen molar-refractivity contribution in [2.75, 3.05) is 43.2 Å². The van der Waals surface area contributed by atoms with Crippen LogP contribution >= 0.6 is 0 Å². The molecule has 0 spiro atoms. The molecule has 0 radical (unpaired) electrons. The summed E-state index contributed by atoms with van der Waals surface area (Å²) in [5, 5.41) is 5.57. The van der Waals surface area contributed by atoms with Gasteiger partial charge < -0.3 is 20.1 Å². The van der Waals surface area contributed by atoms with Crippen LogP contribution in [-0.4, -0.2) is 53.8 Å². The molecule has 0 aliphatic rings. The predicted octanol–water partition coefficient (Wildman–Crippen LogP) is 4.38. The average Bonchev–Trinajstić information content (AvgIpc) is 2.90. The van der Waals surface area contributed by atoms with Crippen molar-refractivity contribution in [3.8, 4) is 11.5 Å². The monoisotopic (exact) mass is 567 g/mol. The van der Waals surface area contributed by atoms with Crippen LogP contribution in [0.25, 0.3) is 0 Å². The van der Waals surface area contributed by atoms with Crippen LogP contribution in [0.3, 0.4) is 0 Å². The molecule has 0 aromatic heterocycles. The third-order valence-electron chi connectivity index (χ3n) is 6.30. The zero-order chi connectivity index (χ0) is 29.5. The maximum atomic E-state index is 13.0. The minimum Gasteiger partial charge on any atom is -0.493 e. The number of benzene rings is 3. The van der Waals surface area contributed by atoms with E-state index >= 15 is 0 Å². The van der Waals surface area contributed by atoms with Crippen molar-refractivity contribution >= 4 is 33.2 Å². The van der Waals surface area contributed by atoms with Crippen molar-refractivity contribution in [3.63, 3.8) is 0 Å². The van der Waals surface area contributed by atoms with Gasteiger partial charge in [-0.3, -0.25) is 13.9 Å². The lowest BCUT2D eigenvalue weighted by atomic mass is 9.87. The number of nitrogens with zero attached hydrogens (tertiary/aromatic N) is 1. The average molecular weight is 568 g/mol. The van der Waals surface area contributed by atoms with Gasteiger partial charge in [-0.15, -0.1) is 0 Å². The number of rotatable bonds is 11. The van der Waals surface area contributed by atoms with Crippen LogP contribution in [0.15, 0.2) is 66.7 Å². The molecule has 9 nitrogen and oxygen atoms in total. The SMILES string of the molecule is COc1ccc(CCNC(=O)c2ccccc2NC(=O)CN(c2ccc(C(C)(C)C)cc2)S(C)(=O)=O)cc1OC. The van der Waals surface area contributed by atoms with Gasteiger partial charge in [-0.05, 0) is 59.4 Å². The number of para-hydroxylation sites is 1. The van der Waals surface area contributed by atoms with E-state index in [-0.39, 0.29) is 22.6 Å². The first-order valence-electron chi connectivity index (χ1n) is 12.8. The molecule has 0 bridgehead atoms. The maximum absolute atomic E-state index is 13.0. The summed E-state index contributed by atoms with van der Waals surface area (Å²) in [6, 6.07) is 19.2. The fourth-order valence-corrected chi connectivity index (χ4v) is 4.95. The number of hydrogen-bond donors (Lipinski definition) is 2. The highest BCUT2D eigenvalue weighted by Crippen LogP contribution is 2.28. The molecule has 40 heavy (non-hydrogen) atoms. The van der Waals surface area contributed by atoms with E-state index in [9.17, 15) is 18.0 Å². The minimum atomic E-state index is -3.75. The molecule has 0 aliphatic heterocycles. The van der Waals surface area contributed by atoms with Crippen molar-refractivity contribution in [2.24, 2.45) is 0 Å². The Labute approximate surface area is 236 Å². The molecule has 0 atom stereocenters. The van der Waals surface area contributed by atoms with Gasteiger partial charge in [0.2, 0.25) is 15.9 Å². The van der Waals surface area contributed by atoms with Crippen molar-refractivity contribution in [3.05, 3.63) is 83.4 Å². The van der Waals surface area contributed by atoms with Gasteiger partial charge in [0.15, 0.2) is 11.5 Å². The van der Waals surface area contributed by atoms with E-state index in [1.54, 1.807) is 56.7 Å². The Morgan fingerprint density at radius 2 is 1.55 bits per heavy atom. The van der Waals surface area contributed by atoms with Crippen LogP contribution in [0.4, 0.5) is 11.4 Å². The molecule has 0 saturated carbocycles. The van der Waals surface area contributed by atoms with Gasteiger partial charge in [-0.2, -0.15) is 0 Å². The summed E-state index contributed by atoms with van der Waals surface area (Å²) in [6.45, 7) is 6.10. The summed E-state index contributed by atoms with van der Waals surface area (Å²) in [6.07, 6.45) is 1.61. The molecular formula is C30H37N3O6S. The van der Waals surface area contributed by atoms with Crippen LogP contribution in [0.5, 0.6) is 11.5 Å². The van der Waals surface area contributed by atoms with Crippen LogP contribution < -0.4 is 24.4 Å². The van der Waals surface area contributed by atoms with E-state index in [0.717, 1.165) is 21.7 Å². The molecular weight excluding hydrogens is 530 g/mol. The number of hydrogen-bond acceptors (Lipinski definition) is 6. The molecule has 0 heterocycles. The van der Waals surface area contributed by atoms with Crippen LogP contribution in [-0.2, 0) is 26.7 Å². The molecule has 0 saturated heterocycles. The molecule has 3 aromatic rings. The van der Waals surface area contributed by atoms with Crippen LogP contribution in [0.1, 0.15) is 42.3 Å². The Bertz CT molecular complexity index is 1450. The van der Waals surface area contributed by atoms with E-state index in [2.05, 4.69) is 31.4 Å². The van der Waals surface area contributed by atoms with Gasteiger partial charge in [0, 0.05) is 6.54 Å². The standard InChI is InChI=1S/C30H37N3O6S/c1-30(2,3)22-12-14-23(15-13-22)33(40(6,36)37)20-28(34)32-25-10-8-7-9-24(25)29(35)31-18-17-21-11-16-26(38-4)27(19-21)39-5/h7-16,19H,17-18,20H2,1-6H3,(H,31,35)(H,32,34). The van der Waals surface area contributed by atoms with E-state index < -0.39 is 22.5 Å². The fourth-order valence-electron chi connectivity index (χ4n) is 4.09. The first kappa shape index (κ1) is 30.5. The molecule has 0 fully saturated rings. The summed E-state index contributed by atoms with van der Waals surface area (Å²) in [5.74, 6) is 0.286. The van der Waals surface area contributed by atoms with Gasteiger partial charge in [0.05, 0.1) is 37.4 Å². The smallest absolute Gasteiger partial charge is 0.253 e. The van der Waals surface area contributed by atoms with Crippen molar-refractivity contribution in [2.45, 2.75) is 32.6 Å². The quantitative estimate of drug-likeness (QED) is 0.356. The molecule has 214 valence electrons. The Kier molecular flexibility index (Phi) is 9.81. The topological polar surface area (TPSA) is 114 Å². The lowest BCUT2D eigenvalue weighted by molar-refractivity contribution is -0.114. The third kappa shape index (κ3) is 7.98. The Morgan fingerprint density at radius 1 is 0.900 bits per heavy atom. The molecule has 0 unspecified atom stereocenters. The first-order valence-corrected chi connectivity index (χ1v) is 14.6. The summed E-state index contributed by atoms with van der Waals surface area (Å²) in [7, 11) is -0.623. The number of sulfonamides is 1. The van der Waals surface area contributed by atoms with Crippen LogP contribution in [0.2, 0.25) is 0 Å². The largest absolute Gasteiger partial charge is 0.493 e. The second-order valence-corrected chi connectivity index (χ2v) is 12.3. The predicted molar refractivity (Wildman–Crippen MR) is 158 cm³/mol. The molecule has 0 aliphatic carbocycles. The second kappa shape index (κ2) is 12.9. The first-order chi connectivity index (χ1) is 18.8. The highest BCUT2D eigenvalue weighted by atomic mass is 32.2. The highest BCUT2D eigenvalue weighted by molar-refractivity contribution is 7.92. The number of amides is 2. The molecule has 2 amide bonds. The lowest BCUT2D eigenvalue weighted by Crippen LogP contribution is -2.38. The normalized spacial score (nSPS) is 11.4. The van der Waals surface area contributed by atoms with Crippen molar-refractivity contribution < 1.29 is 27.5 Å². The van der Waals surface area contributed by atoms with Gasteiger partial charge in [-0.1, -0.05) is 51.1 Å². The number of nitrogens with one attached hydrogen (secondary N) is 2. The second-order valence-electron chi connectivity index (χ2n) is 10.4. The minimum absolute atomic E-state index is 0.0996. The van der Waals surface area contributed by atoms with E-state index in [0.29, 0.717) is 30.2 Å². The lowest BCUT2D eigenvalue weighted by Gasteiger charge is -2.24. The zero-order valence-corrected chi connectivity index (χ0v) is 24.6. The van der Waals surface area contributed by atoms with Gasteiger partial charge in [0.1, 0.15) is 6.54 Å². The Morgan fingerprint density at radius 3 is 2.15 bits per heavy atom. The molecule has 10 heteroatoms. The number of methoxy groups -OCH3 is 2. The van der Waals surface area contributed by atoms with Gasteiger partial charge >= 0.3 is 0 Å². The van der Waals surface area contributed by atoms with Crippen molar-refractivity contribution in [1.29, 1.82) is 0 Å². The summed E-state index contributed by atoms with van der Waals surface area (Å²) in [4.78, 5) is 25.9. The summed E-state index contributed by atoms with van der Waals surface area (Å²) in [5.41, 5.74) is 2.83. The molecule has 3 rings (SSSR count). The highest BCUT2D eigenvalue weighted by Gasteiger charge is 2.23. The summed E-state index contributed by atoms with van der Waals surface area (Å²) >= 11 is 0. The summed E-state index contributed by atoms with van der Waals surface area (Å²) < 4.78 is 36.7. The van der Waals surface area contributed by atoms with E-state index in [1.165, 1.54) is 0 Å². The van der Waals surface area contributed by atoms with Gasteiger partial charge in [-0.25, -0.2) is 8.42 Å². The fraction of sp³-hybridized carbons (Fsp3) is 0.333. The number of ether oxygens (including phenoxy) is 2. The Hall–Kier alpha value is -4.05. The van der Waals surface area contributed by atoms with E-state index in [1.807, 2.05) is 24.3 Å². The molecule has 3 aromatic carbocycles. The Balaban J connectivity index is 1.68.